The predicted molar refractivity (Wildman–Crippen MR) is 112 cm³/mol. The summed E-state index contributed by atoms with van der Waals surface area (Å²) in [6, 6.07) is 23.2. The van der Waals surface area contributed by atoms with Gasteiger partial charge >= 0.3 is 0 Å². The van der Waals surface area contributed by atoms with E-state index in [0.717, 1.165) is 5.56 Å². The summed E-state index contributed by atoms with van der Waals surface area (Å²) in [5.74, 6) is -0.477. The van der Waals surface area contributed by atoms with Crippen molar-refractivity contribution in [1.29, 1.82) is 0 Å². The molecule has 3 aromatic rings. The average Bonchev–Trinajstić information content (AvgIpc) is 3.21. The quantitative estimate of drug-likeness (QED) is 0.653. The van der Waals surface area contributed by atoms with Gasteiger partial charge < -0.3 is 4.90 Å². The SMILES string of the molecule is O=C1CSC2(C(=O)N(Cc3ccccc3F)c3ccccc32)N1c1ccccc1. The number of carbonyl (C=O) groups excluding carboxylic acids is 2. The molecule has 144 valence electrons. The lowest BCUT2D eigenvalue weighted by molar-refractivity contribution is -0.123. The van der Waals surface area contributed by atoms with Gasteiger partial charge in [-0.15, -0.1) is 11.8 Å². The highest BCUT2D eigenvalue weighted by Crippen LogP contribution is 2.55. The number of hydrogen-bond acceptors (Lipinski definition) is 3. The van der Waals surface area contributed by atoms with Gasteiger partial charge in [0.05, 0.1) is 18.0 Å². The summed E-state index contributed by atoms with van der Waals surface area (Å²) in [6.45, 7) is 0.113. The molecule has 2 amide bonds. The van der Waals surface area contributed by atoms with Crippen LogP contribution in [0.2, 0.25) is 0 Å². The molecule has 2 aliphatic rings. The molecule has 0 radical (unpaired) electrons. The van der Waals surface area contributed by atoms with Crippen molar-refractivity contribution in [2.75, 3.05) is 15.6 Å². The summed E-state index contributed by atoms with van der Waals surface area (Å²) in [6.07, 6.45) is 0. The van der Waals surface area contributed by atoms with Gasteiger partial charge in [0, 0.05) is 16.8 Å². The molecule has 1 spiro atoms. The van der Waals surface area contributed by atoms with Crippen LogP contribution in [-0.2, 0) is 21.0 Å². The Hall–Kier alpha value is -3.12. The zero-order chi connectivity index (χ0) is 20.0. The first kappa shape index (κ1) is 17.9. The molecule has 1 saturated heterocycles. The van der Waals surface area contributed by atoms with Crippen LogP contribution >= 0.6 is 11.8 Å². The topological polar surface area (TPSA) is 40.6 Å². The molecule has 1 unspecified atom stereocenters. The van der Waals surface area contributed by atoms with Crippen LogP contribution in [0, 0.1) is 5.82 Å². The van der Waals surface area contributed by atoms with E-state index in [9.17, 15) is 14.0 Å². The molecular formula is C23H17FN2O2S. The molecule has 0 N–H and O–H groups in total. The third kappa shape index (κ3) is 2.59. The van der Waals surface area contributed by atoms with Gasteiger partial charge in [0.2, 0.25) is 10.8 Å². The van der Waals surface area contributed by atoms with E-state index in [0.29, 0.717) is 16.9 Å². The lowest BCUT2D eigenvalue weighted by atomic mass is 10.0. The third-order valence-electron chi connectivity index (χ3n) is 5.36. The van der Waals surface area contributed by atoms with E-state index in [2.05, 4.69) is 0 Å². The molecule has 3 aromatic carbocycles. The standard InChI is InChI=1S/C23H17FN2O2S/c24-19-12-6-4-8-16(19)14-25-20-13-7-5-11-18(20)23(22(25)28)26(21(27)15-29-23)17-9-2-1-3-10-17/h1-13H,14-15H2. The van der Waals surface area contributed by atoms with Crippen molar-refractivity contribution in [1.82, 2.24) is 0 Å². The number of fused-ring (bicyclic) bond motifs is 2. The fourth-order valence-corrected chi connectivity index (χ4v) is 5.45. The highest BCUT2D eigenvalue weighted by Gasteiger charge is 2.60. The molecule has 2 heterocycles. The minimum Gasteiger partial charge on any atom is -0.304 e. The first-order valence-electron chi connectivity index (χ1n) is 9.30. The Morgan fingerprint density at radius 1 is 0.897 bits per heavy atom. The van der Waals surface area contributed by atoms with Crippen LogP contribution in [0.1, 0.15) is 11.1 Å². The maximum Gasteiger partial charge on any atom is 0.269 e. The predicted octanol–water partition coefficient (Wildman–Crippen LogP) is 4.31. The molecule has 6 heteroatoms. The van der Waals surface area contributed by atoms with Gasteiger partial charge in [-0.1, -0.05) is 54.6 Å². The minimum atomic E-state index is -1.17. The van der Waals surface area contributed by atoms with Crippen LogP contribution in [-0.4, -0.2) is 17.6 Å². The van der Waals surface area contributed by atoms with E-state index < -0.39 is 4.87 Å². The van der Waals surface area contributed by atoms with Crippen molar-refractivity contribution in [3.8, 4) is 0 Å². The Morgan fingerprint density at radius 3 is 2.38 bits per heavy atom. The van der Waals surface area contributed by atoms with Gasteiger partial charge in [0.25, 0.3) is 5.91 Å². The lowest BCUT2D eigenvalue weighted by Gasteiger charge is -2.33. The number of benzene rings is 3. The van der Waals surface area contributed by atoms with E-state index in [1.807, 2.05) is 54.6 Å². The molecule has 0 bridgehead atoms. The Kier molecular flexibility index (Phi) is 4.17. The molecular weight excluding hydrogens is 387 g/mol. The smallest absolute Gasteiger partial charge is 0.269 e. The Labute approximate surface area is 171 Å². The van der Waals surface area contributed by atoms with Crippen LogP contribution in [0.15, 0.2) is 78.9 Å². The van der Waals surface area contributed by atoms with Gasteiger partial charge in [-0.2, -0.15) is 0 Å². The number of rotatable bonds is 3. The number of thioether (sulfide) groups is 1. The molecule has 5 rings (SSSR count). The van der Waals surface area contributed by atoms with Crippen LogP contribution in [0.25, 0.3) is 0 Å². The van der Waals surface area contributed by atoms with Gasteiger partial charge in [0.15, 0.2) is 0 Å². The summed E-state index contributed by atoms with van der Waals surface area (Å²) in [5.41, 5.74) is 2.59. The summed E-state index contributed by atoms with van der Waals surface area (Å²) in [4.78, 5) is 28.7. The lowest BCUT2D eigenvalue weighted by Crippen LogP contribution is -2.49. The second kappa shape index (κ2) is 6.74. The number of para-hydroxylation sites is 2. The van der Waals surface area contributed by atoms with Crippen LogP contribution in [0.5, 0.6) is 0 Å². The van der Waals surface area contributed by atoms with Crippen molar-refractivity contribution in [3.63, 3.8) is 0 Å². The van der Waals surface area contributed by atoms with Gasteiger partial charge in [0.1, 0.15) is 5.82 Å². The highest BCUT2D eigenvalue weighted by atomic mass is 32.2. The normalized spacial score (nSPS) is 20.6. The monoisotopic (exact) mass is 404 g/mol. The number of anilines is 2. The maximum absolute atomic E-state index is 14.3. The maximum atomic E-state index is 14.3. The van der Waals surface area contributed by atoms with Crippen molar-refractivity contribution < 1.29 is 14.0 Å². The second-order valence-electron chi connectivity index (χ2n) is 7.00. The van der Waals surface area contributed by atoms with Gasteiger partial charge in [-0.25, -0.2) is 4.39 Å². The summed E-state index contributed by atoms with van der Waals surface area (Å²) in [7, 11) is 0. The Morgan fingerprint density at radius 2 is 1.59 bits per heavy atom. The van der Waals surface area contributed by atoms with Gasteiger partial charge in [-0.3, -0.25) is 14.5 Å². The highest BCUT2D eigenvalue weighted by molar-refractivity contribution is 8.02. The molecule has 0 saturated carbocycles. The third-order valence-corrected chi connectivity index (χ3v) is 6.75. The minimum absolute atomic E-state index is 0.113. The van der Waals surface area contributed by atoms with Crippen molar-refractivity contribution in [2.45, 2.75) is 11.4 Å². The number of nitrogens with zero attached hydrogens (tertiary/aromatic N) is 2. The molecule has 1 atom stereocenters. The van der Waals surface area contributed by atoms with E-state index in [-0.39, 0.29) is 29.9 Å². The zero-order valence-electron chi connectivity index (χ0n) is 15.4. The number of amides is 2. The first-order valence-corrected chi connectivity index (χ1v) is 10.3. The largest absolute Gasteiger partial charge is 0.304 e. The van der Waals surface area contributed by atoms with E-state index >= 15 is 0 Å². The van der Waals surface area contributed by atoms with E-state index in [4.69, 9.17) is 0 Å². The van der Waals surface area contributed by atoms with Crippen molar-refractivity contribution >= 4 is 35.0 Å². The number of halogens is 1. The zero-order valence-corrected chi connectivity index (χ0v) is 16.2. The van der Waals surface area contributed by atoms with Crippen LogP contribution in [0.4, 0.5) is 15.8 Å². The number of hydrogen-bond donors (Lipinski definition) is 0. The average molecular weight is 404 g/mol. The summed E-state index contributed by atoms with van der Waals surface area (Å²) >= 11 is 1.32. The second-order valence-corrected chi connectivity index (χ2v) is 8.17. The fourth-order valence-electron chi connectivity index (χ4n) is 4.09. The van der Waals surface area contributed by atoms with Crippen molar-refractivity contribution in [2.24, 2.45) is 0 Å². The number of carbonyl (C=O) groups is 2. The van der Waals surface area contributed by atoms with Crippen LogP contribution in [0.3, 0.4) is 0 Å². The van der Waals surface area contributed by atoms with E-state index in [1.165, 1.54) is 17.8 Å². The van der Waals surface area contributed by atoms with Gasteiger partial charge in [-0.05, 0) is 24.3 Å². The Bertz CT molecular complexity index is 1120. The summed E-state index contributed by atoms with van der Waals surface area (Å²) < 4.78 is 14.3. The summed E-state index contributed by atoms with van der Waals surface area (Å²) in [5, 5.41) is 0. The molecule has 4 nitrogen and oxygen atoms in total. The molecule has 2 aliphatic heterocycles. The first-order chi connectivity index (χ1) is 14.1. The van der Waals surface area contributed by atoms with Crippen LogP contribution < -0.4 is 9.80 Å². The molecule has 0 aliphatic carbocycles. The molecule has 29 heavy (non-hydrogen) atoms. The van der Waals surface area contributed by atoms with Crippen molar-refractivity contribution in [3.05, 3.63) is 95.8 Å². The molecule has 1 fully saturated rings. The Balaban J connectivity index is 1.66. The molecule has 0 aromatic heterocycles. The fraction of sp³-hybridized carbons (Fsp3) is 0.130. The van der Waals surface area contributed by atoms with E-state index in [1.54, 1.807) is 28.0 Å².